The van der Waals surface area contributed by atoms with Gasteiger partial charge in [-0.2, -0.15) is 0 Å². The molecule has 0 saturated heterocycles. The van der Waals surface area contributed by atoms with Gasteiger partial charge in [0.15, 0.2) is 0 Å². The van der Waals surface area contributed by atoms with E-state index in [1.54, 1.807) is 0 Å². The van der Waals surface area contributed by atoms with Crippen LogP contribution >= 0.6 is 0 Å². The van der Waals surface area contributed by atoms with Crippen LogP contribution in [0.5, 0.6) is 0 Å². The van der Waals surface area contributed by atoms with E-state index < -0.39 is 8.32 Å². The van der Waals surface area contributed by atoms with Crippen molar-refractivity contribution in [2.45, 2.75) is 45.7 Å². The van der Waals surface area contributed by atoms with Crippen LogP contribution in [0, 0.1) is 0 Å². The highest BCUT2D eigenvalue weighted by molar-refractivity contribution is 6.88. The molecular weight excluding hydrogens is 212 g/mol. The second kappa shape index (κ2) is 5.64. The molecular formula is C14H24OSi. The maximum Gasteiger partial charge on any atom is 0.229 e. The van der Waals surface area contributed by atoms with Gasteiger partial charge in [-0.25, -0.2) is 0 Å². The Bertz CT molecular complexity index is 298. The molecule has 1 nitrogen and oxygen atoms in total. The molecule has 1 rings (SSSR count). The SMILES string of the molecule is CCO[Si](c1ccccc1)(C(C)C)C(C)C. The van der Waals surface area contributed by atoms with Gasteiger partial charge in [0.2, 0.25) is 8.32 Å². The van der Waals surface area contributed by atoms with Crippen LogP contribution in [0.3, 0.4) is 0 Å². The Morgan fingerprint density at radius 3 is 1.88 bits per heavy atom. The third-order valence-electron chi connectivity index (χ3n) is 3.32. The summed E-state index contributed by atoms with van der Waals surface area (Å²) in [5.74, 6) is 0. The molecule has 0 atom stereocenters. The summed E-state index contributed by atoms with van der Waals surface area (Å²) in [6, 6.07) is 10.8. The van der Waals surface area contributed by atoms with Crippen molar-refractivity contribution in [2.24, 2.45) is 0 Å². The summed E-state index contributed by atoms with van der Waals surface area (Å²) in [5, 5.41) is 1.43. The monoisotopic (exact) mass is 236 g/mol. The van der Waals surface area contributed by atoms with Crippen molar-refractivity contribution in [3.05, 3.63) is 30.3 Å². The van der Waals surface area contributed by atoms with Gasteiger partial charge in [-0.3, -0.25) is 0 Å². The number of hydrogen-bond donors (Lipinski definition) is 0. The molecule has 0 aliphatic heterocycles. The number of benzene rings is 1. The first-order valence-electron chi connectivity index (χ1n) is 6.25. The van der Waals surface area contributed by atoms with Crippen molar-refractivity contribution >= 4 is 13.5 Å². The Morgan fingerprint density at radius 1 is 1.00 bits per heavy atom. The van der Waals surface area contributed by atoms with Crippen LogP contribution in [0.1, 0.15) is 34.6 Å². The Hall–Kier alpha value is -0.603. The second-order valence-corrected chi connectivity index (χ2v) is 9.66. The normalized spacial score (nSPS) is 12.4. The smallest absolute Gasteiger partial charge is 0.229 e. The van der Waals surface area contributed by atoms with E-state index >= 15 is 0 Å². The Morgan fingerprint density at radius 2 is 1.50 bits per heavy atom. The van der Waals surface area contributed by atoms with Gasteiger partial charge in [-0.05, 0) is 23.2 Å². The molecule has 0 bridgehead atoms. The summed E-state index contributed by atoms with van der Waals surface area (Å²) in [6.07, 6.45) is 0. The van der Waals surface area contributed by atoms with Crippen LogP contribution in [0.25, 0.3) is 0 Å². The molecule has 90 valence electrons. The lowest BCUT2D eigenvalue weighted by molar-refractivity contribution is 0.315. The second-order valence-electron chi connectivity index (χ2n) is 4.90. The molecule has 16 heavy (non-hydrogen) atoms. The highest BCUT2D eigenvalue weighted by atomic mass is 28.4. The highest BCUT2D eigenvalue weighted by Crippen LogP contribution is 2.32. The molecule has 1 aromatic rings. The minimum absolute atomic E-state index is 0.606. The first kappa shape index (κ1) is 13.5. The minimum atomic E-state index is -1.83. The zero-order valence-corrected chi connectivity index (χ0v) is 12.2. The fraction of sp³-hybridized carbons (Fsp3) is 0.571. The van der Waals surface area contributed by atoms with Crippen LogP contribution < -0.4 is 5.19 Å². The lowest BCUT2D eigenvalue weighted by Crippen LogP contribution is -2.55. The molecule has 0 unspecified atom stereocenters. The third kappa shape index (κ3) is 2.38. The summed E-state index contributed by atoms with van der Waals surface area (Å²) in [5.41, 5.74) is 1.21. The summed E-state index contributed by atoms with van der Waals surface area (Å²) >= 11 is 0. The van der Waals surface area contributed by atoms with Crippen LogP contribution in [0.4, 0.5) is 0 Å². The van der Waals surface area contributed by atoms with E-state index in [2.05, 4.69) is 65.0 Å². The van der Waals surface area contributed by atoms with E-state index in [0.717, 1.165) is 6.61 Å². The van der Waals surface area contributed by atoms with Gasteiger partial charge in [0.05, 0.1) is 0 Å². The van der Waals surface area contributed by atoms with Gasteiger partial charge in [0.1, 0.15) is 0 Å². The maximum atomic E-state index is 6.28. The quantitative estimate of drug-likeness (QED) is 0.708. The fourth-order valence-corrected chi connectivity index (χ4v) is 7.38. The van der Waals surface area contributed by atoms with Crippen molar-refractivity contribution in [3.8, 4) is 0 Å². The Kier molecular flexibility index (Phi) is 4.75. The summed E-state index contributed by atoms with van der Waals surface area (Å²) in [4.78, 5) is 0. The molecule has 0 saturated carbocycles. The summed E-state index contributed by atoms with van der Waals surface area (Å²) in [7, 11) is -1.83. The van der Waals surface area contributed by atoms with Gasteiger partial charge >= 0.3 is 0 Å². The van der Waals surface area contributed by atoms with E-state index in [1.807, 2.05) is 0 Å². The molecule has 2 heteroatoms. The molecule has 0 spiro atoms. The summed E-state index contributed by atoms with van der Waals surface area (Å²) < 4.78 is 6.28. The molecule has 0 amide bonds. The summed E-state index contributed by atoms with van der Waals surface area (Å²) in [6.45, 7) is 12.1. The van der Waals surface area contributed by atoms with Gasteiger partial charge in [0, 0.05) is 6.61 Å². The molecule has 0 aliphatic rings. The molecule has 0 aromatic heterocycles. The van der Waals surface area contributed by atoms with Crippen molar-refractivity contribution in [2.75, 3.05) is 6.61 Å². The van der Waals surface area contributed by atoms with Gasteiger partial charge in [-0.15, -0.1) is 0 Å². The van der Waals surface area contributed by atoms with Crippen LogP contribution in [0.2, 0.25) is 11.1 Å². The van der Waals surface area contributed by atoms with Gasteiger partial charge in [-0.1, -0.05) is 58.0 Å². The van der Waals surface area contributed by atoms with Crippen LogP contribution in [-0.4, -0.2) is 14.9 Å². The first-order valence-corrected chi connectivity index (χ1v) is 8.31. The van der Waals surface area contributed by atoms with Crippen molar-refractivity contribution in [1.29, 1.82) is 0 Å². The largest absolute Gasteiger partial charge is 0.412 e. The predicted octanol–water partition coefficient (Wildman–Crippen LogP) is 3.70. The van der Waals surface area contributed by atoms with Crippen LogP contribution in [0.15, 0.2) is 30.3 Å². The molecule has 0 fully saturated rings. The van der Waals surface area contributed by atoms with E-state index in [9.17, 15) is 0 Å². The van der Waals surface area contributed by atoms with Crippen molar-refractivity contribution in [1.82, 2.24) is 0 Å². The van der Waals surface area contributed by atoms with E-state index in [-0.39, 0.29) is 0 Å². The number of hydrogen-bond acceptors (Lipinski definition) is 1. The molecule has 1 aromatic carbocycles. The lowest BCUT2D eigenvalue weighted by atomic mass is 10.4. The number of rotatable bonds is 5. The zero-order valence-electron chi connectivity index (χ0n) is 11.2. The standard InChI is InChI=1S/C14H24OSi/c1-6-15-16(12(2)3,13(4)5)14-10-8-7-9-11-14/h7-13H,6H2,1-5H3. The molecule has 0 radical (unpaired) electrons. The molecule has 0 aliphatic carbocycles. The highest BCUT2D eigenvalue weighted by Gasteiger charge is 2.43. The fourth-order valence-electron chi connectivity index (χ4n) is 2.69. The average molecular weight is 236 g/mol. The predicted molar refractivity (Wildman–Crippen MR) is 73.7 cm³/mol. The van der Waals surface area contributed by atoms with E-state index in [4.69, 9.17) is 4.43 Å². The Labute approximate surface area is 101 Å². The minimum Gasteiger partial charge on any atom is -0.412 e. The lowest BCUT2D eigenvalue weighted by Gasteiger charge is -2.38. The topological polar surface area (TPSA) is 9.23 Å². The maximum absolute atomic E-state index is 6.28. The zero-order chi connectivity index (χ0) is 12.2. The molecule has 0 N–H and O–H groups in total. The third-order valence-corrected chi connectivity index (χ3v) is 8.76. The van der Waals surface area contributed by atoms with E-state index in [0.29, 0.717) is 11.1 Å². The van der Waals surface area contributed by atoms with E-state index in [1.165, 1.54) is 5.19 Å². The van der Waals surface area contributed by atoms with Crippen molar-refractivity contribution in [3.63, 3.8) is 0 Å². The molecule has 0 heterocycles. The van der Waals surface area contributed by atoms with Gasteiger partial charge in [0.25, 0.3) is 0 Å². The van der Waals surface area contributed by atoms with Gasteiger partial charge < -0.3 is 4.43 Å². The van der Waals surface area contributed by atoms with Crippen LogP contribution in [-0.2, 0) is 4.43 Å². The first-order chi connectivity index (χ1) is 7.55. The Balaban J connectivity index is 3.21. The van der Waals surface area contributed by atoms with Crippen molar-refractivity contribution < 1.29 is 4.43 Å². The average Bonchev–Trinajstić information content (AvgIpc) is 2.26.